The Morgan fingerprint density at radius 3 is 2.73 bits per heavy atom. The van der Waals surface area contributed by atoms with Gasteiger partial charge in [0.25, 0.3) is 5.91 Å². The number of hydrogen-bond acceptors (Lipinski definition) is 5. The molecule has 0 aliphatic rings. The Morgan fingerprint density at radius 1 is 1.36 bits per heavy atom. The van der Waals surface area contributed by atoms with E-state index in [2.05, 4.69) is 20.6 Å². The molecule has 22 heavy (non-hydrogen) atoms. The van der Waals surface area contributed by atoms with Gasteiger partial charge >= 0.3 is 5.97 Å². The minimum Gasteiger partial charge on any atom is -0.480 e. The van der Waals surface area contributed by atoms with Crippen molar-refractivity contribution in [3.8, 4) is 5.69 Å². The molecule has 2 heterocycles. The first-order chi connectivity index (χ1) is 10.5. The molecule has 0 radical (unpaired) electrons. The van der Waals surface area contributed by atoms with Gasteiger partial charge in [-0.2, -0.15) is 0 Å². The van der Waals surface area contributed by atoms with Gasteiger partial charge in [-0.1, -0.05) is 19.1 Å². The van der Waals surface area contributed by atoms with Crippen molar-refractivity contribution >= 4 is 11.9 Å². The number of aromatic nitrogens is 4. The summed E-state index contributed by atoms with van der Waals surface area (Å²) in [7, 11) is 0. The molecule has 0 bridgehead atoms. The van der Waals surface area contributed by atoms with Crippen molar-refractivity contribution in [1.29, 1.82) is 0 Å². The maximum Gasteiger partial charge on any atom is 0.326 e. The zero-order valence-corrected chi connectivity index (χ0v) is 12.3. The Kier molecular flexibility index (Phi) is 4.82. The quantitative estimate of drug-likeness (QED) is 0.820. The van der Waals surface area contributed by atoms with Gasteiger partial charge in [0.2, 0.25) is 0 Å². The number of carboxylic acid groups (broad SMARTS) is 1. The molecule has 1 amide bonds. The third-order valence-corrected chi connectivity index (χ3v) is 2.98. The van der Waals surface area contributed by atoms with E-state index in [0.717, 1.165) is 0 Å². The van der Waals surface area contributed by atoms with E-state index in [-0.39, 0.29) is 11.5 Å². The molecule has 0 aliphatic heterocycles. The second-order valence-corrected chi connectivity index (χ2v) is 5.27. The molecule has 8 nitrogen and oxygen atoms in total. The second kappa shape index (κ2) is 6.79. The van der Waals surface area contributed by atoms with Crippen LogP contribution < -0.4 is 5.32 Å². The lowest BCUT2D eigenvalue weighted by Crippen LogP contribution is -2.41. The zero-order chi connectivity index (χ0) is 16.1. The Balaban J connectivity index is 2.15. The number of aliphatic carboxylic acids is 1. The molecular weight excluding hydrogens is 286 g/mol. The number of carbonyl (C=O) groups is 2. The third kappa shape index (κ3) is 3.87. The van der Waals surface area contributed by atoms with Gasteiger partial charge in [0.1, 0.15) is 6.04 Å². The van der Waals surface area contributed by atoms with E-state index >= 15 is 0 Å². The number of hydrogen-bond donors (Lipinski definition) is 2. The SMILES string of the molecule is CC(C)C[C@H](NC(=O)c1cncc(-n2ccnn2)c1)C(=O)O. The van der Waals surface area contributed by atoms with Gasteiger partial charge in [-0.25, -0.2) is 9.48 Å². The molecule has 116 valence electrons. The van der Waals surface area contributed by atoms with Crippen LogP contribution in [0.4, 0.5) is 0 Å². The summed E-state index contributed by atoms with van der Waals surface area (Å²) in [6.07, 6.45) is 6.41. The fourth-order valence-electron chi connectivity index (χ4n) is 1.96. The lowest BCUT2D eigenvalue weighted by Gasteiger charge is -2.16. The van der Waals surface area contributed by atoms with Gasteiger partial charge in [0, 0.05) is 6.20 Å². The normalized spacial score (nSPS) is 12.1. The molecule has 0 aromatic carbocycles. The molecule has 2 aromatic rings. The summed E-state index contributed by atoms with van der Waals surface area (Å²) >= 11 is 0. The molecule has 2 rings (SSSR count). The van der Waals surface area contributed by atoms with Gasteiger partial charge in [-0.15, -0.1) is 5.10 Å². The predicted molar refractivity (Wildman–Crippen MR) is 77.5 cm³/mol. The molecule has 0 unspecified atom stereocenters. The van der Waals surface area contributed by atoms with E-state index in [9.17, 15) is 14.7 Å². The fraction of sp³-hybridized carbons (Fsp3) is 0.357. The molecular formula is C14H17N5O3. The molecule has 0 saturated heterocycles. The highest BCUT2D eigenvalue weighted by Crippen LogP contribution is 2.09. The lowest BCUT2D eigenvalue weighted by molar-refractivity contribution is -0.139. The largest absolute Gasteiger partial charge is 0.480 e. The predicted octanol–water partition coefficient (Wildman–Crippen LogP) is 0.891. The summed E-state index contributed by atoms with van der Waals surface area (Å²) in [5.74, 6) is -1.38. The van der Waals surface area contributed by atoms with Crippen LogP contribution in [0.5, 0.6) is 0 Å². The third-order valence-electron chi connectivity index (χ3n) is 2.98. The van der Waals surface area contributed by atoms with Crippen molar-refractivity contribution in [2.24, 2.45) is 5.92 Å². The summed E-state index contributed by atoms with van der Waals surface area (Å²) in [5, 5.41) is 19.2. The van der Waals surface area contributed by atoms with Gasteiger partial charge in [0.15, 0.2) is 0 Å². The summed E-state index contributed by atoms with van der Waals surface area (Å²) in [4.78, 5) is 27.4. The van der Waals surface area contributed by atoms with Crippen molar-refractivity contribution in [1.82, 2.24) is 25.3 Å². The van der Waals surface area contributed by atoms with Crippen LogP contribution in [0.3, 0.4) is 0 Å². The first-order valence-electron chi connectivity index (χ1n) is 6.82. The minimum atomic E-state index is -1.05. The van der Waals surface area contributed by atoms with Crippen molar-refractivity contribution in [3.63, 3.8) is 0 Å². The summed E-state index contributed by atoms with van der Waals surface area (Å²) < 4.78 is 1.46. The Hall–Kier alpha value is -2.77. The maximum atomic E-state index is 12.2. The van der Waals surface area contributed by atoms with Crippen molar-refractivity contribution < 1.29 is 14.7 Å². The van der Waals surface area contributed by atoms with Crippen LogP contribution in [0, 0.1) is 5.92 Å². The number of nitrogens with one attached hydrogen (secondary N) is 1. The number of pyridine rings is 1. The Labute approximate surface area is 127 Å². The summed E-state index contributed by atoms with van der Waals surface area (Å²) in [5.41, 5.74) is 0.837. The van der Waals surface area contributed by atoms with Crippen LogP contribution in [-0.2, 0) is 4.79 Å². The van der Waals surface area contributed by atoms with Crippen molar-refractivity contribution in [2.75, 3.05) is 0 Å². The van der Waals surface area contributed by atoms with Gasteiger partial charge in [-0.3, -0.25) is 9.78 Å². The molecule has 2 N–H and O–H groups in total. The molecule has 0 aliphatic carbocycles. The van der Waals surface area contributed by atoms with Crippen LogP contribution in [-0.4, -0.2) is 43.0 Å². The highest BCUT2D eigenvalue weighted by atomic mass is 16.4. The summed E-state index contributed by atoms with van der Waals surface area (Å²) in [6.45, 7) is 3.80. The Bertz CT molecular complexity index is 654. The first-order valence-corrected chi connectivity index (χ1v) is 6.82. The zero-order valence-electron chi connectivity index (χ0n) is 12.3. The van der Waals surface area contributed by atoms with Crippen LogP contribution >= 0.6 is 0 Å². The van der Waals surface area contributed by atoms with E-state index in [1.54, 1.807) is 12.3 Å². The summed E-state index contributed by atoms with van der Waals surface area (Å²) in [6, 6.07) is 0.646. The highest BCUT2D eigenvalue weighted by molar-refractivity contribution is 5.96. The van der Waals surface area contributed by atoms with Gasteiger partial charge in [0.05, 0.1) is 29.8 Å². The topological polar surface area (TPSA) is 110 Å². The van der Waals surface area contributed by atoms with E-state index in [1.165, 1.54) is 23.3 Å². The number of rotatable bonds is 6. The number of carboxylic acids is 1. The number of nitrogens with zero attached hydrogens (tertiary/aromatic N) is 4. The smallest absolute Gasteiger partial charge is 0.326 e. The maximum absolute atomic E-state index is 12.2. The van der Waals surface area contributed by atoms with Crippen molar-refractivity contribution in [3.05, 3.63) is 36.4 Å². The second-order valence-electron chi connectivity index (χ2n) is 5.27. The first kappa shape index (κ1) is 15.6. The van der Waals surface area contributed by atoms with Crippen LogP contribution in [0.15, 0.2) is 30.9 Å². The molecule has 0 fully saturated rings. The van der Waals surface area contributed by atoms with E-state index in [4.69, 9.17) is 0 Å². The number of carbonyl (C=O) groups excluding carboxylic acids is 1. The molecule has 8 heteroatoms. The van der Waals surface area contributed by atoms with Crippen LogP contribution in [0.1, 0.15) is 30.6 Å². The van der Waals surface area contributed by atoms with Crippen LogP contribution in [0.2, 0.25) is 0 Å². The van der Waals surface area contributed by atoms with E-state index in [1.807, 2.05) is 13.8 Å². The molecule has 0 spiro atoms. The standard InChI is InChI=1S/C14H17N5O3/c1-9(2)5-12(14(21)22)17-13(20)10-6-11(8-15-7-10)19-4-3-16-18-19/h3-4,6-9,12H,5H2,1-2H3,(H,17,20)(H,21,22)/t12-/m0/s1. The molecule has 1 atom stereocenters. The lowest BCUT2D eigenvalue weighted by atomic mass is 10.0. The van der Waals surface area contributed by atoms with Crippen molar-refractivity contribution in [2.45, 2.75) is 26.3 Å². The average molecular weight is 303 g/mol. The average Bonchev–Trinajstić information content (AvgIpc) is 3.00. The minimum absolute atomic E-state index is 0.154. The van der Waals surface area contributed by atoms with E-state index < -0.39 is 17.9 Å². The molecule has 2 aromatic heterocycles. The van der Waals surface area contributed by atoms with Crippen LogP contribution in [0.25, 0.3) is 5.69 Å². The van der Waals surface area contributed by atoms with Gasteiger partial charge in [-0.05, 0) is 18.4 Å². The van der Waals surface area contributed by atoms with Gasteiger partial charge < -0.3 is 10.4 Å². The molecule has 0 saturated carbocycles. The highest BCUT2D eigenvalue weighted by Gasteiger charge is 2.22. The fourth-order valence-corrected chi connectivity index (χ4v) is 1.96. The number of amides is 1. The monoisotopic (exact) mass is 303 g/mol. The van der Waals surface area contributed by atoms with E-state index in [0.29, 0.717) is 12.1 Å². The Morgan fingerprint density at radius 2 is 2.14 bits per heavy atom.